The molecule has 1 N–H and O–H groups in total. The second-order valence-corrected chi connectivity index (χ2v) is 2.71. The van der Waals surface area contributed by atoms with Crippen molar-refractivity contribution in [2.45, 2.75) is 0 Å². The summed E-state index contributed by atoms with van der Waals surface area (Å²) in [5, 5.41) is 9.92. The Bertz CT molecular complexity index is 432. The molecular formula is C8H8N4O2. The summed E-state index contributed by atoms with van der Waals surface area (Å²) in [5.41, 5.74) is 0. The summed E-state index contributed by atoms with van der Waals surface area (Å²) < 4.78 is 6.41. The molecule has 72 valence electrons. The van der Waals surface area contributed by atoms with E-state index in [1.165, 1.54) is 10.9 Å². The molecule has 0 atom stereocenters. The topological polar surface area (TPSA) is 73.0 Å². The monoisotopic (exact) mass is 192 g/mol. The van der Waals surface area contributed by atoms with Gasteiger partial charge in [-0.25, -0.2) is 0 Å². The van der Waals surface area contributed by atoms with E-state index in [0.29, 0.717) is 5.82 Å². The molecule has 6 heteroatoms. The van der Waals surface area contributed by atoms with Crippen LogP contribution in [0.15, 0.2) is 29.0 Å². The van der Waals surface area contributed by atoms with E-state index in [-0.39, 0.29) is 11.7 Å². The van der Waals surface area contributed by atoms with Crippen LogP contribution in [0.1, 0.15) is 10.6 Å². The Balaban J connectivity index is 2.09. The lowest BCUT2D eigenvalue weighted by atomic mass is 10.4. The largest absolute Gasteiger partial charge is 0.459 e. The number of nitrogens with one attached hydrogen (secondary N) is 1. The molecule has 0 unspecified atom stereocenters. The molecule has 0 aliphatic heterocycles. The van der Waals surface area contributed by atoms with Gasteiger partial charge in [-0.05, 0) is 12.1 Å². The minimum Gasteiger partial charge on any atom is -0.459 e. The Morgan fingerprint density at radius 3 is 3.07 bits per heavy atom. The minimum atomic E-state index is -0.337. The first kappa shape index (κ1) is 8.49. The van der Waals surface area contributed by atoms with Crippen molar-refractivity contribution in [2.75, 3.05) is 5.32 Å². The Kier molecular flexibility index (Phi) is 2.02. The first-order valence-corrected chi connectivity index (χ1v) is 3.97. The van der Waals surface area contributed by atoms with E-state index in [2.05, 4.69) is 15.6 Å². The normalized spacial score (nSPS) is 10.1. The number of hydrogen-bond acceptors (Lipinski definition) is 4. The van der Waals surface area contributed by atoms with Crippen molar-refractivity contribution in [2.24, 2.45) is 7.05 Å². The van der Waals surface area contributed by atoms with E-state index in [4.69, 9.17) is 4.42 Å². The number of hydrogen-bond donors (Lipinski definition) is 1. The number of carbonyl (C=O) groups is 1. The quantitative estimate of drug-likeness (QED) is 0.758. The Labute approximate surface area is 79.5 Å². The van der Waals surface area contributed by atoms with E-state index in [1.54, 1.807) is 25.4 Å². The Morgan fingerprint density at radius 1 is 1.64 bits per heavy atom. The summed E-state index contributed by atoms with van der Waals surface area (Å²) in [4.78, 5) is 11.4. The zero-order valence-electron chi connectivity index (χ0n) is 7.47. The highest BCUT2D eigenvalue weighted by molar-refractivity contribution is 6.01. The summed E-state index contributed by atoms with van der Waals surface area (Å²) in [5.74, 6) is 0.306. The molecule has 0 radical (unpaired) electrons. The number of furan rings is 1. The fourth-order valence-corrected chi connectivity index (χ4v) is 0.990. The van der Waals surface area contributed by atoms with Gasteiger partial charge in [-0.15, -0.1) is 5.10 Å². The number of aromatic nitrogens is 3. The van der Waals surface area contributed by atoms with Crippen LogP contribution in [0, 0.1) is 0 Å². The van der Waals surface area contributed by atoms with Crippen molar-refractivity contribution < 1.29 is 9.21 Å². The van der Waals surface area contributed by atoms with Crippen LogP contribution in [0.3, 0.4) is 0 Å². The smallest absolute Gasteiger partial charge is 0.292 e. The zero-order chi connectivity index (χ0) is 9.97. The minimum absolute atomic E-state index is 0.246. The van der Waals surface area contributed by atoms with Crippen molar-refractivity contribution >= 4 is 11.7 Å². The maximum absolute atomic E-state index is 11.4. The maximum Gasteiger partial charge on any atom is 0.292 e. The summed E-state index contributed by atoms with van der Waals surface area (Å²) in [6.07, 6.45) is 3.03. The summed E-state index contributed by atoms with van der Waals surface area (Å²) in [6, 6.07) is 3.22. The van der Waals surface area contributed by atoms with Crippen LogP contribution in [0.5, 0.6) is 0 Å². The molecule has 14 heavy (non-hydrogen) atoms. The summed E-state index contributed by atoms with van der Waals surface area (Å²) in [6.45, 7) is 0. The van der Waals surface area contributed by atoms with Gasteiger partial charge in [-0.3, -0.25) is 9.48 Å². The second-order valence-electron chi connectivity index (χ2n) is 2.71. The fraction of sp³-hybridized carbons (Fsp3) is 0.125. The number of rotatable bonds is 2. The molecule has 0 saturated carbocycles. The van der Waals surface area contributed by atoms with Crippen molar-refractivity contribution in [3.8, 4) is 0 Å². The molecule has 2 heterocycles. The number of carbonyl (C=O) groups excluding carboxylic acids is 1. The molecule has 0 aromatic carbocycles. The third-order valence-corrected chi connectivity index (χ3v) is 1.59. The predicted molar refractivity (Wildman–Crippen MR) is 47.7 cm³/mol. The van der Waals surface area contributed by atoms with Gasteiger partial charge >= 0.3 is 0 Å². The van der Waals surface area contributed by atoms with Gasteiger partial charge in [0.1, 0.15) is 0 Å². The van der Waals surface area contributed by atoms with Crippen LogP contribution in [0.4, 0.5) is 5.82 Å². The van der Waals surface area contributed by atoms with Crippen LogP contribution < -0.4 is 5.32 Å². The van der Waals surface area contributed by atoms with Crippen LogP contribution >= 0.6 is 0 Å². The molecule has 2 aromatic heterocycles. The van der Waals surface area contributed by atoms with Gasteiger partial charge in [0.2, 0.25) is 0 Å². The lowest BCUT2D eigenvalue weighted by Crippen LogP contribution is -2.10. The van der Waals surface area contributed by atoms with Gasteiger partial charge in [0.05, 0.1) is 12.5 Å². The SMILES string of the molecule is Cn1cc(NC(=O)c2ccco2)nn1. The number of nitrogens with zero attached hydrogens (tertiary/aromatic N) is 3. The van der Waals surface area contributed by atoms with Gasteiger partial charge in [-0.1, -0.05) is 5.21 Å². The number of anilines is 1. The Hall–Kier alpha value is -2.11. The molecule has 0 spiro atoms. The predicted octanol–water partition coefficient (Wildman–Crippen LogP) is 0.660. The highest BCUT2D eigenvalue weighted by Gasteiger charge is 2.09. The molecule has 0 fully saturated rings. The second kappa shape index (κ2) is 3.33. The van der Waals surface area contributed by atoms with Gasteiger partial charge in [0.25, 0.3) is 5.91 Å². The molecule has 0 aliphatic rings. The maximum atomic E-state index is 11.4. The zero-order valence-corrected chi connectivity index (χ0v) is 7.47. The van der Waals surface area contributed by atoms with E-state index in [9.17, 15) is 4.79 Å². The highest BCUT2D eigenvalue weighted by atomic mass is 16.3. The number of amides is 1. The molecule has 6 nitrogen and oxygen atoms in total. The van der Waals surface area contributed by atoms with E-state index in [0.717, 1.165) is 0 Å². The van der Waals surface area contributed by atoms with E-state index < -0.39 is 0 Å². The summed E-state index contributed by atoms with van der Waals surface area (Å²) in [7, 11) is 1.72. The average Bonchev–Trinajstić information content (AvgIpc) is 2.75. The first-order valence-electron chi connectivity index (χ1n) is 3.97. The molecule has 2 rings (SSSR count). The van der Waals surface area contributed by atoms with Gasteiger partial charge in [0.15, 0.2) is 11.6 Å². The average molecular weight is 192 g/mol. The number of aryl methyl sites for hydroxylation is 1. The van der Waals surface area contributed by atoms with Gasteiger partial charge in [0, 0.05) is 7.05 Å². The molecule has 0 bridgehead atoms. The fourth-order valence-electron chi connectivity index (χ4n) is 0.990. The third-order valence-electron chi connectivity index (χ3n) is 1.59. The Morgan fingerprint density at radius 2 is 2.50 bits per heavy atom. The van der Waals surface area contributed by atoms with Crippen LogP contribution in [0.2, 0.25) is 0 Å². The highest BCUT2D eigenvalue weighted by Crippen LogP contribution is 2.04. The standard InChI is InChI=1S/C8H8N4O2/c1-12-5-7(10-11-12)9-8(13)6-3-2-4-14-6/h2-5H,1H3,(H,9,13). The third kappa shape index (κ3) is 1.63. The van der Waals surface area contributed by atoms with Crippen LogP contribution in [-0.2, 0) is 7.05 Å². The molecular weight excluding hydrogens is 184 g/mol. The van der Waals surface area contributed by atoms with Crippen molar-refractivity contribution in [1.29, 1.82) is 0 Å². The van der Waals surface area contributed by atoms with Crippen molar-refractivity contribution in [3.63, 3.8) is 0 Å². The first-order chi connectivity index (χ1) is 6.75. The van der Waals surface area contributed by atoms with Gasteiger partial charge < -0.3 is 9.73 Å². The van der Waals surface area contributed by atoms with Crippen LogP contribution in [0.25, 0.3) is 0 Å². The molecule has 0 saturated heterocycles. The molecule has 1 amide bonds. The summed E-state index contributed by atoms with van der Waals surface area (Å²) >= 11 is 0. The lowest BCUT2D eigenvalue weighted by molar-refractivity contribution is 0.0996. The van der Waals surface area contributed by atoms with E-state index in [1.807, 2.05) is 0 Å². The van der Waals surface area contributed by atoms with Crippen molar-refractivity contribution in [3.05, 3.63) is 30.4 Å². The lowest BCUT2D eigenvalue weighted by Gasteiger charge is -1.95. The van der Waals surface area contributed by atoms with E-state index >= 15 is 0 Å². The molecule has 0 aliphatic carbocycles. The van der Waals surface area contributed by atoms with Crippen molar-refractivity contribution in [1.82, 2.24) is 15.0 Å². The van der Waals surface area contributed by atoms with Gasteiger partial charge in [-0.2, -0.15) is 0 Å². The molecule has 2 aromatic rings. The van der Waals surface area contributed by atoms with Crippen LogP contribution in [-0.4, -0.2) is 20.9 Å².